The number of nitrogens with zero attached hydrogens (tertiary/aromatic N) is 2. The first-order chi connectivity index (χ1) is 10.2. The fourth-order valence-corrected chi connectivity index (χ4v) is 3.32. The van der Waals surface area contributed by atoms with Gasteiger partial charge in [0.2, 0.25) is 11.8 Å². The third kappa shape index (κ3) is 4.99. The summed E-state index contributed by atoms with van der Waals surface area (Å²) in [7, 11) is 0. The van der Waals surface area contributed by atoms with Crippen LogP contribution >= 0.6 is 0 Å². The molecule has 2 rings (SSSR count). The smallest absolute Gasteiger partial charge is 0.242 e. The highest BCUT2D eigenvalue weighted by molar-refractivity contribution is 5.85. The Labute approximate surface area is 128 Å². The minimum Gasteiger partial charge on any atom is -0.340 e. The van der Waals surface area contributed by atoms with Crippen molar-refractivity contribution in [2.75, 3.05) is 39.3 Å². The van der Waals surface area contributed by atoms with Gasteiger partial charge in [0.05, 0.1) is 6.54 Å². The maximum atomic E-state index is 12.4. The first kappa shape index (κ1) is 16.3. The Kier molecular flexibility index (Phi) is 6.49. The van der Waals surface area contributed by atoms with Gasteiger partial charge in [-0.05, 0) is 31.7 Å². The molecule has 2 heterocycles. The zero-order chi connectivity index (χ0) is 15.1. The summed E-state index contributed by atoms with van der Waals surface area (Å²) in [5.74, 6) is 0.928. The van der Waals surface area contributed by atoms with E-state index in [4.69, 9.17) is 0 Å². The Morgan fingerprint density at radius 1 is 1.24 bits per heavy atom. The van der Waals surface area contributed by atoms with Gasteiger partial charge in [-0.3, -0.25) is 9.59 Å². The quantitative estimate of drug-likeness (QED) is 0.849. The molecule has 0 aliphatic carbocycles. The molecular formula is C16H29N3O2. The van der Waals surface area contributed by atoms with Gasteiger partial charge in [-0.1, -0.05) is 19.8 Å². The second-order valence-corrected chi connectivity index (χ2v) is 6.28. The van der Waals surface area contributed by atoms with Crippen molar-refractivity contribution in [1.82, 2.24) is 15.1 Å². The van der Waals surface area contributed by atoms with E-state index in [0.717, 1.165) is 52.0 Å². The van der Waals surface area contributed by atoms with Crippen molar-refractivity contribution >= 4 is 11.8 Å². The van der Waals surface area contributed by atoms with Crippen molar-refractivity contribution in [3.8, 4) is 0 Å². The fourth-order valence-electron chi connectivity index (χ4n) is 3.32. The molecule has 0 bridgehead atoms. The van der Waals surface area contributed by atoms with Crippen LogP contribution in [0.1, 0.15) is 45.4 Å². The van der Waals surface area contributed by atoms with Crippen LogP contribution in [0.25, 0.3) is 0 Å². The molecule has 0 saturated carbocycles. The maximum absolute atomic E-state index is 12.4. The summed E-state index contributed by atoms with van der Waals surface area (Å²) < 4.78 is 0. The van der Waals surface area contributed by atoms with Crippen LogP contribution in [-0.2, 0) is 9.59 Å². The predicted octanol–water partition coefficient (Wildman–Crippen LogP) is 1.24. The number of rotatable bonds is 4. The first-order valence-corrected chi connectivity index (χ1v) is 8.47. The average molecular weight is 295 g/mol. The molecule has 0 aromatic carbocycles. The van der Waals surface area contributed by atoms with Crippen LogP contribution in [0.2, 0.25) is 0 Å². The molecule has 1 N–H and O–H groups in total. The lowest BCUT2D eigenvalue weighted by atomic mass is 9.96. The van der Waals surface area contributed by atoms with E-state index in [1.807, 2.05) is 4.90 Å². The minimum atomic E-state index is 0.112. The largest absolute Gasteiger partial charge is 0.340 e. The van der Waals surface area contributed by atoms with Gasteiger partial charge in [0.15, 0.2) is 0 Å². The molecule has 2 saturated heterocycles. The van der Waals surface area contributed by atoms with Crippen LogP contribution in [0.4, 0.5) is 0 Å². The lowest BCUT2D eigenvalue weighted by molar-refractivity contribution is -0.140. The van der Waals surface area contributed by atoms with E-state index >= 15 is 0 Å². The van der Waals surface area contributed by atoms with Crippen molar-refractivity contribution in [3.63, 3.8) is 0 Å². The summed E-state index contributed by atoms with van der Waals surface area (Å²) in [6.07, 6.45) is 6.03. The second kappa shape index (κ2) is 8.37. The number of amides is 2. The fraction of sp³-hybridized carbons (Fsp3) is 0.875. The summed E-state index contributed by atoms with van der Waals surface area (Å²) in [6.45, 7) is 6.63. The molecule has 120 valence electrons. The van der Waals surface area contributed by atoms with Gasteiger partial charge >= 0.3 is 0 Å². The first-order valence-electron chi connectivity index (χ1n) is 8.47. The Morgan fingerprint density at radius 2 is 2.10 bits per heavy atom. The minimum absolute atomic E-state index is 0.112. The highest BCUT2D eigenvalue weighted by Gasteiger charge is 2.25. The molecule has 2 aliphatic heterocycles. The standard InChI is InChI=1S/C16H29N3O2/c1-2-4-14-5-6-15(20)19(11-7-14)13-16(21)18-10-3-8-17-9-12-18/h14,17H,2-13H2,1H3. The molecule has 0 aromatic heterocycles. The summed E-state index contributed by atoms with van der Waals surface area (Å²) in [5.41, 5.74) is 0. The average Bonchev–Trinajstić information content (AvgIpc) is 2.84. The van der Waals surface area contributed by atoms with E-state index in [1.54, 1.807) is 4.90 Å². The van der Waals surface area contributed by atoms with Crippen LogP contribution < -0.4 is 5.32 Å². The van der Waals surface area contributed by atoms with Gasteiger partial charge in [0.1, 0.15) is 0 Å². The van der Waals surface area contributed by atoms with E-state index in [-0.39, 0.29) is 18.4 Å². The number of hydrogen-bond donors (Lipinski definition) is 1. The van der Waals surface area contributed by atoms with Crippen LogP contribution in [0, 0.1) is 5.92 Å². The highest BCUT2D eigenvalue weighted by atomic mass is 16.2. The number of nitrogens with one attached hydrogen (secondary N) is 1. The van der Waals surface area contributed by atoms with Gasteiger partial charge in [0.25, 0.3) is 0 Å². The third-order valence-corrected chi connectivity index (χ3v) is 4.64. The molecule has 1 atom stereocenters. The summed E-state index contributed by atoms with van der Waals surface area (Å²) >= 11 is 0. The molecule has 0 spiro atoms. The number of likely N-dealkylation sites (tertiary alicyclic amines) is 1. The summed E-state index contributed by atoms with van der Waals surface area (Å²) in [6, 6.07) is 0. The number of carbonyl (C=O) groups excluding carboxylic acids is 2. The predicted molar refractivity (Wildman–Crippen MR) is 82.9 cm³/mol. The topological polar surface area (TPSA) is 52.7 Å². The molecule has 2 aliphatic rings. The van der Waals surface area contributed by atoms with Gasteiger partial charge in [0, 0.05) is 32.6 Å². The highest BCUT2D eigenvalue weighted by Crippen LogP contribution is 2.22. The molecule has 5 heteroatoms. The molecule has 2 fully saturated rings. The van der Waals surface area contributed by atoms with E-state index in [1.165, 1.54) is 12.8 Å². The van der Waals surface area contributed by atoms with Crippen molar-refractivity contribution in [1.29, 1.82) is 0 Å². The molecule has 2 amide bonds. The number of hydrogen-bond acceptors (Lipinski definition) is 3. The molecule has 1 unspecified atom stereocenters. The molecule has 5 nitrogen and oxygen atoms in total. The van der Waals surface area contributed by atoms with Crippen LogP contribution in [-0.4, -0.2) is 60.9 Å². The van der Waals surface area contributed by atoms with Gasteiger partial charge in [-0.25, -0.2) is 0 Å². The second-order valence-electron chi connectivity index (χ2n) is 6.28. The van der Waals surface area contributed by atoms with E-state index in [2.05, 4.69) is 12.2 Å². The SMILES string of the molecule is CCCC1CCC(=O)N(CC(=O)N2CCCNCC2)CC1. The normalized spacial score (nSPS) is 24.6. The Hall–Kier alpha value is -1.10. The van der Waals surface area contributed by atoms with E-state index in [9.17, 15) is 9.59 Å². The molecule has 0 aromatic rings. The van der Waals surface area contributed by atoms with Crippen LogP contribution in [0.5, 0.6) is 0 Å². The Bertz CT molecular complexity index is 351. The van der Waals surface area contributed by atoms with Crippen molar-refractivity contribution in [3.05, 3.63) is 0 Å². The third-order valence-electron chi connectivity index (χ3n) is 4.64. The van der Waals surface area contributed by atoms with Crippen molar-refractivity contribution < 1.29 is 9.59 Å². The summed E-state index contributed by atoms with van der Waals surface area (Å²) in [5, 5.41) is 3.30. The lowest BCUT2D eigenvalue weighted by Crippen LogP contribution is -2.43. The lowest BCUT2D eigenvalue weighted by Gasteiger charge is -2.25. The van der Waals surface area contributed by atoms with Crippen LogP contribution in [0.15, 0.2) is 0 Å². The van der Waals surface area contributed by atoms with Gasteiger partial charge in [-0.2, -0.15) is 0 Å². The number of carbonyl (C=O) groups is 2. The monoisotopic (exact) mass is 295 g/mol. The van der Waals surface area contributed by atoms with E-state index < -0.39 is 0 Å². The van der Waals surface area contributed by atoms with Gasteiger partial charge in [-0.15, -0.1) is 0 Å². The maximum Gasteiger partial charge on any atom is 0.242 e. The van der Waals surface area contributed by atoms with E-state index in [0.29, 0.717) is 12.3 Å². The molecular weight excluding hydrogens is 266 g/mol. The zero-order valence-corrected chi connectivity index (χ0v) is 13.3. The van der Waals surface area contributed by atoms with Crippen LogP contribution in [0.3, 0.4) is 0 Å². The van der Waals surface area contributed by atoms with Crippen molar-refractivity contribution in [2.45, 2.75) is 45.4 Å². The summed E-state index contributed by atoms with van der Waals surface area (Å²) in [4.78, 5) is 28.3. The Morgan fingerprint density at radius 3 is 2.90 bits per heavy atom. The van der Waals surface area contributed by atoms with Gasteiger partial charge < -0.3 is 15.1 Å². The molecule has 0 radical (unpaired) electrons. The van der Waals surface area contributed by atoms with Crippen molar-refractivity contribution in [2.24, 2.45) is 5.92 Å². The zero-order valence-electron chi connectivity index (χ0n) is 13.3. The molecule has 21 heavy (non-hydrogen) atoms. The Balaban J connectivity index is 1.85.